The SMILES string of the molecule is CC(C)(C)SCCNc1ncc(C(=O)N2CCOCC2)cc1Cl. The van der Waals surface area contributed by atoms with Crippen LogP contribution in [0.4, 0.5) is 5.82 Å². The van der Waals surface area contributed by atoms with E-state index < -0.39 is 0 Å². The van der Waals surface area contributed by atoms with Gasteiger partial charge in [-0.1, -0.05) is 32.4 Å². The number of pyridine rings is 1. The molecule has 0 radical (unpaired) electrons. The number of rotatable bonds is 5. The van der Waals surface area contributed by atoms with Crippen molar-refractivity contribution in [3.63, 3.8) is 0 Å². The molecule has 128 valence electrons. The highest BCUT2D eigenvalue weighted by molar-refractivity contribution is 8.00. The summed E-state index contributed by atoms with van der Waals surface area (Å²) in [6.07, 6.45) is 1.59. The summed E-state index contributed by atoms with van der Waals surface area (Å²) in [5.41, 5.74) is 0.520. The number of aromatic nitrogens is 1. The Hall–Kier alpha value is -0.980. The number of hydrogen-bond donors (Lipinski definition) is 1. The van der Waals surface area contributed by atoms with E-state index in [0.29, 0.717) is 42.7 Å². The summed E-state index contributed by atoms with van der Waals surface area (Å²) in [6, 6.07) is 1.69. The van der Waals surface area contributed by atoms with Gasteiger partial charge < -0.3 is 15.0 Å². The third-order valence-corrected chi connectivity index (χ3v) is 4.88. The first-order valence-corrected chi connectivity index (χ1v) is 9.13. The molecule has 7 heteroatoms. The third-order valence-electron chi connectivity index (χ3n) is 3.32. The minimum atomic E-state index is -0.0439. The predicted molar refractivity (Wildman–Crippen MR) is 96.7 cm³/mol. The van der Waals surface area contributed by atoms with Gasteiger partial charge in [-0.15, -0.1) is 0 Å². The van der Waals surface area contributed by atoms with Gasteiger partial charge in [0.1, 0.15) is 5.82 Å². The van der Waals surface area contributed by atoms with Gasteiger partial charge in [0.15, 0.2) is 0 Å². The number of halogens is 1. The molecule has 0 atom stereocenters. The molecule has 0 spiro atoms. The minimum absolute atomic E-state index is 0.0439. The van der Waals surface area contributed by atoms with E-state index in [1.54, 1.807) is 17.2 Å². The number of anilines is 1. The lowest BCUT2D eigenvalue weighted by molar-refractivity contribution is 0.0302. The zero-order chi connectivity index (χ0) is 16.9. The van der Waals surface area contributed by atoms with Gasteiger partial charge in [0.2, 0.25) is 0 Å². The average Bonchev–Trinajstić information content (AvgIpc) is 2.52. The van der Waals surface area contributed by atoms with Crippen LogP contribution >= 0.6 is 23.4 Å². The van der Waals surface area contributed by atoms with Crippen LogP contribution in [0.2, 0.25) is 5.02 Å². The molecule has 0 unspecified atom stereocenters. The van der Waals surface area contributed by atoms with Crippen LogP contribution in [-0.2, 0) is 4.74 Å². The van der Waals surface area contributed by atoms with E-state index >= 15 is 0 Å². The van der Waals surface area contributed by atoms with Gasteiger partial charge >= 0.3 is 0 Å². The fourth-order valence-corrected chi connectivity index (χ4v) is 3.21. The van der Waals surface area contributed by atoms with E-state index in [-0.39, 0.29) is 10.7 Å². The van der Waals surface area contributed by atoms with Crippen LogP contribution in [0.1, 0.15) is 31.1 Å². The third kappa shape index (κ3) is 5.86. The molecule has 0 bridgehead atoms. The summed E-state index contributed by atoms with van der Waals surface area (Å²) in [7, 11) is 0. The highest BCUT2D eigenvalue weighted by atomic mass is 35.5. The molecule has 1 aliphatic rings. The molecular weight excluding hydrogens is 334 g/mol. The molecule has 0 aliphatic carbocycles. The number of amides is 1. The van der Waals surface area contributed by atoms with E-state index in [1.807, 2.05) is 11.8 Å². The Kier molecular flexibility index (Phi) is 6.56. The predicted octanol–water partition coefficient (Wildman–Crippen LogP) is 3.15. The summed E-state index contributed by atoms with van der Waals surface area (Å²) in [4.78, 5) is 18.4. The maximum absolute atomic E-state index is 12.4. The molecule has 2 rings (SSSR count). The Bertz CT molecular complexity index is 543. The Morgan fingerprint density at radius 3 is 2.74 bits per heavy atom. The molecule has 23 heavy (non-hydrogen) atoms. The lowest BCUT2D eigenvalue weighted by atomic mass is 10.2. The first-order valence-electron chi connectivity index (χ1n) is 7.77. The number of morpholine rings is 1. The Balaban J connectivity index is 1.90. The molecular formula is C16H24ClN3O2S. The van der Waals surface area contributed by atoms with E-state index in [9.17, 15) is 4.79 Å². The van der Waals surface area contributed by atoms with Crippen molar-refractivity contribution >= 4 is 35.1 Å². The number of carbonyl (C=O) groups excluding carboxylic acids is 1. The second kappa shape index (κ2) is 8.22. The van der Waals surface area contributed by atoms with Crippen molar-refractivity contribution in [3.05, 3.63) is 22.8 Å². The maximum Gasteiger partial charge on any atom is 0.255 e. The molecule has 1 N–H and O–H groups in total. The molecule has 5 nitrogen and oxygen atoms in total. The van der Waals surface area contributed by atoms with Crippen LogP contribution in [0.25, 0.3) is 0 Å². The maximum atomic E-state index is 12.4. The largest absolute Gasteiger partial charge is 0.378 e. The fourth-order valence-electron chi connectivity index (χ4n) is 2.16. The first kappa shape index (κ1) is 18.4. The number of carbonyl (C=O) groups is 1. The van der Waals surface area contributed by atoms with Crippen LogP contribution in [-0.4, -0.2) is 59.1 Å². The zero-order valence-corrected chi connectivity index (χ0v) is 15.5. The van der Waals surface area contributed by atoms with Crippen molar-refractivity contribution in [2.24, 2.45) is 0 Å². The zero-order valence-electron chi connectivity index (χ0n) is 13.9. The monoisotopic (exact) mass is 357 g/mol. The van der Waals surface area contributed by atoms with Gasteiger partial charge in [-0.2, -0.15) is 11.8 Å². The lowest BCUT2D eigenvalue weighted by Gasteiger charge is -2.26. The molecule has 1 amide bonds. The van der Waals surface area contributed by atoms with Crippen LogP contribution in [0, 0.1) is 0 Å². The van der Waals surface area contributed by atoms with E-state index in [1.165, 1.54) is 0 Å². The number of ether oxygens (including phenoxy) is 1. The highest BCUT2D eigenvalue weighted by Crippen LogP contribution is 2.24. The minimum Gasteiger partial charge on any atom is -0.378 e. The van der Waals surface area contributed by atoms with Gasteiger partial charge in [-0.3, -0.25) is 4.79 Å². The van der Waals surface area contributed by atoms with Crippen molar-refractivity contribution in [1.29, 1.82) is 0 Å². The molecule has 0 aromatic carbocycles. The standard InChI is InChI=1S/C16H24ClN3O2S/c1-16(2,3)23-9-4-18-14-13(17)10-12(11-19-14)15(21)20-5-7-22-8-6-20/h10-11H,4-9H2,1-3H3,(H,18,19). The second-order valence-electron chi connectivity index (χ2n) is 6.35. The summed E-state index contributed by atoms with van der Waals surface area (Å²) in [5.74, 6) is 1.55. The van der Waals surface area contributed by atoms with Crippen LogP contribution in [0.3, 0.4) is 0 Å². The van der Waals surface area contributed by atoms with Crippen molar-refractivity contribution in [2.45, 2.75) is 25.5 Å². The van der Waals surface area contributed by atoms with Gasteiger partial charge in [-0.25, -0.2) is 4.98 Å². The van der Waals surface area contributed by atoms with Gasteiger partial charge in [-0.05, 0) is 6.07 Å². The number of nitrogens with one attached hydrogen (secondary N) is 1. The van der Waals surface area contributed by atoms with Gasteiger partial charge in [0.25, 0.3) is 5.91 Å². The summed E-state index contributed by atoms with van der Waals surface area (Å²) in [5, 5.41) is 3.70. The van der Waals surface area contributed by atoms with Crippen molar-refractivity contribution < 1.29 is 9.53 Å². The molecule has 1 aromatic rings. The van der Waals surface area contributed by atoms with Crippen molar-refractivity contribution in [2.75, 3.05) is 43.9 Å². The molecule has 0 saturated carbocycles. The van der Waals surface area contributed by atoms with Gasteiger partial charge in [0, 0.05) is 36.3 Å². The normalized spacial score (nSPS) is 15.6. The Morgan fingerprint density at radius 1 is 1.43 bits per heavy atom. The Morgan fingerprint density at radius 2 is 2.13 bits per heavy atom. The van der Waals surface area contributed by atoms with E-state index in [0.717, 1.165) is 12.3 Å². The molecule has 1 saturated heterocycles. The van der Waals surface area contributed by atoms with Crippen LogP contribution < -0.4 is 5.32 Å². The number of nitrogens with zero attached hydrogens (tertiary/aromatic N) is 2. The second-order valence-corrected chi connectivity index (χ2v) is 8.68. The van der Waals surface area contributed by atoms with E-state index in [2.05, 4.69) is 31.1 Å². The van der Waals surface area contributed by atoms with Gasteiger partial charge in [0.05, 0.1) is 23.8 Å². The summed E-state index contributed by atoms with van der Waals surface area (Å²) < 4.78 is 5.50. The number of hydrogen-bond acceptors (Lipinski definition) is 5. The average molecular weight is 358 g/mol. The Labute approximate surface area is 147 Å². The molecule has 1 aliphatic heterocycles. The molecule has 2 heterocycles. The molecule has 1 fully saturated rings. The lowest BCUT2D eigenvalue weighted by Crippen LogP contribution is -2.40. The summed E-state index contributed by atoms with van der Waals surface area (Å²) >= 11 is 8.13. The van der Waals surface area contributed by atoms with Crippen LogP contribution in [0.15, 0.2) is 12.3 Å². The number of thioether (sulfide) groups is 1. The summed E-state index contributed by atoms with van der Waals surface area (Å²) in [6.45, 7) is 9.74. The van der Waals surface area contributed by atoms with Crippen molar-refractivity contribution in [3.8, 4) is 0 Å². The highest BCUT2D eigenvalue weighted by Gasteiger charge is 2.19. The quantitative estimate of drug-likeness (QED) is 0.820. The van der Waals surface area contributed by atoms with Crippen molar-refractivity contribution in [1.82, 2.24) is 9.88 Å². The van der Waals surface area contributed by atoms with Crippen LogP contribution in [0.5, 0.6) is 0 Å². The molecule has 1 aromatic heterocycles. The van der Waals surface area contributed by atoms with E-state index in [4.69, 9.17) is 16.3 Å². The topological polar surface area (TPSA) is 54.5 Å². The fraction of sp³-hybridized carbons (Fsp3) is 0.625. The first-order chi connectivity index (χ1) is 10.9. The smallest absolute Gasteiger partial charge is 0.255 e.